The van der Waals surface area contributed by atoms with E-state index in [9.17, 15) is 4.79 Å². The van der Waals surface area contributed by atoms with Crippen LogP contribution in [0.5, 0.6) is 0 Å². The lowest BCUT2D eigenvalue weighted by Crippen LogP contribution is -2.34. The van der Waals surface area contributed by atoms with Gasteiger partial charge in [-0.1, -0.05) is 24.6 Å². The minimum atomic E-state index is -0.740. The van der Waals surface area contributed by atoms with Crippen molar-refractivity contribution in [3.05, 3.63) is 34.4 Å². The second kappa shape index (κ2) is 7.29. The normalized spacial score (nSPS) is 12.4. The fourth-order valence-corrected chi connectivity index (χ4v) is 2.55. The standard InChI is InChI=1S/C16H25NO2/c1-5-6-17-14(10-16(18)19)9-15-12(3)7-11(2)8-13(15)4/h7-8,14,17H,5-6,9-10H2,1-4H3,(H,18,19). The first kappa shape index (κ1) is 15.7. The minimum absolute atomic E-state index is 0.0116. The zero-order valence-electron chi connectivity index (χ0n) is 12.4. The van der Waals surface area contributed by atoms with E-state index in [2.05, 4.69) is 45.1 Å². The topological polar surface area (TPSA) is 49.3 Å². The molecule has 1 aromatic rings. The van der Waals surface area contributed by atoms with Crippen LogP contribution in [-0.2, 0) is 11.2 Å². The van der Waals surface area contributed by atoms with E-state index >= 15 is 0 Å². The predicted molar refractivity (Wildman–Crippen MR) is 78.7 cm³/mol. The smallest absolute Gasteiger partial charge is 0.304 e. The molecule has 0 bridgehead atoms. The van der Waals surface area contributed by atoms with Crippen molar-refractivity contribution in [2.24, 2.45) is 0 Å². The molecule has 0 aliphatic rings. The summed E-state index contributed by atoms with van der Waals surface area (Å²) in [5.74, 6) is -0.740. The van der Waals surface area contributed by atoms with Crippen molar-refractivity contribution in [1.29, 1.82) is 0 Å². The fourth-order valence-electron chi connectivity index (χ4n) is 2.55. The van der Waals surface area contributed by atoms with Gasteiger partial charge in [-0.25, -0.2) is 0 Å². The summed E-state index contributed by atoms with van der Waals surface area (Å²) in [6.45, 7) is 9.25. The van der Waals surface area contributed by atoms with Crippen molar-refractivity contribution >= 4 is 5.97 Å². The fraction of sp³-hybridized carbons (Fsp3) is 0.562. The van der Waals surface area contributed by atoms with E-state index in [-0.39, 0.29) is 12.5 Å². The Kier molecular flexibility index (Phi) is 6.03. The summed E-state index contributed by atoms with van der Waals surface area (Å²) in [4.78, 5) is 10.9. The Morgan fingerprint density at radius 1 is 1.26 bits per heavy atom. The summed E-state index contributed by atoms with van der Waals surface area (Å²) in [6, 6.07) is 4.34. The lowest BCUT2D eigenvalue weighted by Gasteiger charge is -2.20. The highest BCUT2D eigenvalue weighted by atomic mass is 16.4. The molecule has 0 saturated heterocycles. The van der Waals surface area contributed by atoms with Gasteiger partial charge in [0.05, 0.1) is 6.42 Å². The van der Waals surface area contributed by atoms with Crippen LogP contribution in [0.25, 0.3) is 0 Å². The zero-order chi connectivity index (χ0) is 14.4. The Balaban J connectivity index is 2.86. The average molecular weight is 263 g/mol. The molecule has 19 heavy (non-hydrogen) atoms. The van der Waals surface area contributed by atoms with E-state index in [1.165, 1.54) is 22.3 Å². The molecule has 0 saturated carbocycles. The summed E-state index contributed by atoms with van der Waals surface area (Å²) in [7, 11) is 0. The second-order valence-corrected chi connectivity index (χ2v) is 5.33. The first-order valence-electron chi connectivity index (χ1n) is 6.96. The number of benzene rings is 1. The summed E-state index contributed by atoms with van der Waals surface area (Å²) in [5.41, 5.74) is 5.05. The van der Waals surface area contributed by atoms with Crippen LogP contribution in [0.4, 0.5) is 0 Å². The number of carboxylic acid groups (broad SMARTS) is 1. The van der Waals surface area contributed by atoms with Gasteiger partial charge in [-0.05, 0) is 56.8 Å². The third-order valence-corrected chi connectivity index (χ3v) is 3.39. The number of aryl methyl sites for hydroxylation is 3. The monoisotopic (exact) mass is 263 g/mol. The van der Waals surface area contributed by atoms with Gasteiger partial charge in [-0.3, -0.25) is 4.79 Å². The third kappa shape index (κ3) is 5.03. The molecular weight excluding hydrogens is 238 g/mol. The zero-order valence-corrected chi connectivity index (χ0v) is 12.4. The van der Waals surface area contributed by atoms with Crippen LogP contribution in [0.3, 0.4) is 0 Å². The van der Waals surface area contributed by atoms with Gasteiger partial charge in [-0.2, -0.15) is 0 Å². The van der Waals surface area contributed by atoms with E-state index in [4.69, 9.17) is 5.11 Å². The first-order chi connectivity index (χ1) is 8.93. The highest BCUT2D eigenvalue weighted by Gasteiger charge is 2.15. The Bertz CT molecular complexity index is 417. The SMILES string of the molecule is CCCNC(CC(=O)O)Cc1c(C)cc(C)cc1C. The van der Waals surface area contributed by atoms with Gasteiger partial charge in [0.2, 0.25) is 0 Å². The van der Waals surface area contributed by atoms with Crippen molar-refractivity contribution in [3.8, 4) is 0 Å². The first-order valence-corrected chi connectivity index (χ1v) is 6.96. The summed E-state index contributed by atoms with van der Waals surface area (Å²) in [6.07, 6.45) is 1.97. The molecule has 3 heteroatoms. The summed E-state index contributed by atoms with van der Waals surface area (Å²) in [5, 5.41) is 12.3. The number of nitrogens with one attached hydrogen (secondary N) is 1. The predicted octanol–water partition coefficient (Wildman–Crippen LogP) is 3.00. The molecule has 0 aliphatic carbocycles. The van der Waals surface area contributed by atoms with Crippen LogP contribution in [-0.4, -0.2) is 23.7 Å². The molecule has 1 atom stereocenters. The van der Waals surface area contributed by atoms with Gasteiger partial charge in [0, 0.05) is 6.04 Å². The van der Waals surface area contributed by atoms with Gasteiger partial charge in [-0.15, -0.1) is 0 Å². The van der Waals surface area contributed by atoms with E-state index in [0.717, 1.165) is 19.4 Å². The molecule has 1 rings (SSSR count). The highest BCUT2D eigenvalue weighted by molar-refractivity contribution is 5.67. The van der Waals surface area contributed by atoms with Crippen molar-refractivity contribution in [1.82, 2.24) is 5.32 Å². The highest BCUT2D eigenvalue weighted by Crippen LogP contribution is 2.19. The lowest BCUT2D eigenvalue weighted by atomic mass is 9.93. The summed E-state index contributed by atoms with van der Waals surface area (Å²) >= 11 is 0. The molecule has 1 unspecified atom stereocenters. The van der Waals surface area contributed by atoms with Crippen molar-refractivity contribution in [3.63, 3.8) is 0 Å². The minimum Gasteiger partial charge on any atom is -0.481 e. The Morgan fingerprint density at radius 3 is 2.32 bits per heavy atom. The Hall–Kier alpha value is -1.35. The van der Waals surface area contributed by atoms with Crippen LogP contribution in [0, 0.1) is 20.8 Å². The van der Waals surface area contributed by atoms with E-state index in [0.29, 0.717) is 0 Å². The van der Waals surface area contributed by atoms with Crippen LogP contribution in [0.1, 0.15) is 42.0 Å². The molecule has 0 fully saturated rings. The summed E-state index contributed by atoms with van der Waals surface area (Å²) < 4.78 is 0. The molecule has 106 valence electrons. The molecule has 3 nitrogen and oxygen atoms in total. The van der Waals surface area contributed by atoms with Crippen molar-refractivity contribution in [2.45, 2.75) is 53.0 Å². The van der Waals surface area contributed by atoms with Crippen LogP contribution in [0.15, 0.2) is 12.1 Å². The van der Waals surface area contributed by atoms with Crippen LogP contribution < -0.4 is 5.32 Å². The largest absolute Gasteiger partial charge is 0.481 e. The molecule has 0 spiro atoms. The number of aliphatic carboxylic acids is 1. The van der Waals surface area contributed by atoms with Gasteiger partial charge < -0.3 is 10.4 Å². The maximum absolute atomic E-state index is 10.9. The van der Waals surface area contributed by atoms with Gasteiger partial charge in [0.15, 0.2) is 0 Å². The molecule has 2 N–H and O–H groups in total. The molecule has 0 radical (unpaired) electrons. The molecule has 0 aliphatic heterocycles. The average Bonchev–Trinajstić information content (AvgIpc) is 2.29. The molecule has 0 amide bonds. The maximum Gasteiger partial charge on any atom is 0.304 e. The number of rotatable bonds is 7. The molecule has 0 heterocycles. The lowest BCUT2D eigenvalue weighted by molar-refractivity contribution is -0.137. The Labute approximate surface area is 116 Å². The van der Waals surface area contributed by atoms with E-state index < -0.39 is 5.97 Å². The van der Waals surface area contributed by atoms with Crippen LogP contribution in [0.2, 0.25) is 0 Å². The van der Waals surface area contributed by atoms with Crippen LogP contribution >= 0.6 is 0 Å². The van der Waals surface area contributed by atoms with Gasteiger partial charge in [0.25, 0.3) is 0 Å². The van der Waals surface area contributed by atoms with Crippen molar-refractivity contribution < 1.29 is 9.90 Å². The number of hydrogen-bond donors (Lipinski definition) is 2. The quantitative estimate of drug-likeness (QED) is 0.795. The molecule has 1 aromatic carbocycles. The second-order valence-electron chi connectivity index (χ2n) is 5.33. The van der Waals surface area contributed by atoms with Crippen molar-refractivity contribution in [2.75, 3.05) is 6.54 Å². The van der Waals surface area contributed by atoms with Gasteiger partial charge >= 0.3 is 5.97 Å². The van der Waals surface area contributed by atoms with E-state index in [1.54, 1.807) is 0 Å². The Morgan fingerprint density at radius 2 is 1.84 bits per heavy atom. The molecular formula is C16H25NO2. The van der Waals surface area contributed by atoms with E-state index in [1.807, 2.05) is 0 Å². The number of hydrogen-bond acceptors (Lipinski definition) is 2. The molecule has 0 aromatic heterocycles. The number of carboxylic acids is 1. The van der Waals surface area contributed by atoms with Gasteiger partial charge in [0.1, 0.15) is 0 Å². The third-order valence-electron chi connectivity index (χ3n) is 3.39. The number of carbonyl (C=O) groups is 1. The maximum atomic E-state index is 10.9.